The Balaban J connectivity index is 2.59. The van der Waals surface area contributed by atoms with Crippen LogP contribution >= 0.6 is 0 Å². The van der Waals surface area contributed by atoms with Crippen molar-refractivity contribution in [3.8, 4) is 0 Å². The van der Waals surface area contributed by atoms with Crippen molar-refractivity contribution in [2.24, 2.45) is 5.41 Å². The first-order valence-electron chi connectivity index (χ1n) is 5.77. The third-order valence-corrected chi connectivity index (χ3v) is 3.11. The molecule has 0 aromatic heterocycles. The molecular formula is C11H22N2O2. The summed E-state index contributed by atoms with van der Waals surface area (Å²) in [6.07, 6.45) is 2.84. The largest absolute Gasteiger partial charge is 0.394 e. The van der Waals surface area contributed by atoms with Gasteiger partial charge in [0.1, 0.15) is 0 Å². The van der Waals surface area contributed by atoms with Gasteiger partial charge in [-0.2, -0.15) is 0 Å². The van der Waals surface area contributed by atoms with E-state index in [1.54, 1.807) is 0 Å². The predicted molar refractivity (Wildman–Crippen MR) is 59.5 cm³/mol. The number of rotatable bonds is 5. The van der Waals surface area contributed by atoms with Gasteiger partial charge in [-0.15, -0.1) is 0 Å². The summed E-state index contributed by atoms with van der Waals surface area (Å²) in [6, 6.07) is -0.146. The van der Waals surface area contributed by atoms with E-state index in [1.165, 1.54) is 0 Å². The maximum Gasteiger partial charge on any atom is 0.227 e. The molecule has 0 radical (unpaired) electrons. The summed E-state index contributed by atoms with van der Waals surface area (Å²) >= 11 is 0. The summed E-state index contributed by atoms with van der Waals surface area (Å²) in [7, 11) is 0. The summed E-state index contributed by atoms with van der Waals surface area (Å²) in [5.41, 5.74) is -0.238. The van der Waals surface area contributed by atoms with Gasteiger partial charge in [0.15, 0.2) is 0 Å². The van der Waals surface area contributed by atoms with Crippen LogP contribution in [0.5, 0.6) is 0 Å². The fraction of sp³-hybridized carbons (Fsp3) is 0.909. The summed E-state index contributed by atoms with van der Waals surface area (Å²) in [4.78, 5) is 12.1. The topological polar surface area (TPSA) is 61.4 Å². The molecule has 0 aromatic carbocycles. The van der Waals surface area contributed by atoms with Crippen molar-refractivity contribution in [3.63, 3.8) is 0 Å². The Morgan fingerprint density at radius 1 is 1.67 bits per heavy atom. The zero-order chi connectivity index (χ0) is 11.3. The molecule has 0 aliphatic carbocycles. The highest BCUT2D eigenvalue weighted by atomic mass is 16.3. The third kappa shape index (κ3) is 2.92. The molecule has 1 rings (SSSR count). The monoisotopic (exact) mass is 214 g/mol. The molecule has 0 saturated carbocycles. The summed E-state index contributed by atoms with van der Waals surface area (Å²) in [5.74, 6) is 0.0934. The molecule has 0 bridgehead atoms. The molecule has 0 spiro atoms. The highest BCUT2D eigenvalue weighted by molar-refractivity contribution is 5.83. The number of aliphatic hydroxyl groups excluding tert-OH is 1. The average Bonchev–Trinajstić information content (AvgIpc) is 2.68. The van der Waals surface area contributed by atoms with Crippen LogP contribution in [0.2, 0.25) is 0 Å². The average molecular weight is 214 g/mol. The lowest BCUT2D eigenvalue weighted by Crippen LogP contribution is -2.46. The molecule has 1 heterocycles. The number of hydrogen-bond acceptors (Lipinski definition) is 3. The minimum atomic E-state index is -0.238. The van der Waals surface area contributed by atoms with Gasteiger partial charge in [-0.25, -0.2) is 0 Å². The van der Waals surface area contributed by atoms with Crippen LogP contribution in [0, 0.1) is 5.41 Å². The Kier molecular flexibility index (Phi) is 4.54. The van der Waals surface area contributed by atoms with Gasteiger partial charge in [0, 0.05) is 12.6 Å². The van der Waals surface area contributed by atoms with Crippen molar-refractivity contribution in [2.75, 3.05) is 19.7 Å². The van der Waals surface area contributed by atoms with E-state index in [-0.39, 0.29) is 24.0 Å². The van der Waals surface area contributed by atoms with Crippen molar-refractivity contribution in [1.29, 1.82) is 0 Å². The number of aliphatic hydroxyl groups is 1. The molecule has 88 valence electrons. The molecule has 1 fully saturated rings. The smallest absolute Gasteiger partial charge is 0.227 e. The minimum Gasteiger partial charge on any atom is -0.394 e. The van der Waals surface area contributed by atoms with Gasteiger partial charge in [0.05, 0.1) is 12.0 Å². The first-order valence-corrected chi connectivity index (χ1v) is 5.77. The van der Waals surface area contributed by atoms with Crippen molar-refractivity contribution in [3.05, 3.63) is 0 Å². The Bertz CT molecular complexity index is 213. The molecule has 1 aliphatic rings. The Morgan fingerprint density at radius 2 is 2.40 bits per heavy atom. The number of hydrogen-bond donors (Lipinski definition) is 3. The molecular weight excluding hydrogens is 192 g/mol. The lowest BCUT2D eigenvalue weighted by Gasteiger charge is -2.28. The maximum absolute atomic E-state index is 12.1. The van der Waals surface area contributed by atoms with E-state index in [1.807, 2.05) is 6.92 Å². The van der Waals surface area contributed by atoms with E-state index in [9.17, 15) is 4.79 Å². The standard InChI is InChI=1S/C11H22N2O2/c1-3-4-11(5-6-12-8-11)10(15)13-9(2)7-14/h9,12,14H,3-8H2,1-2H3,(H,13,15). The van der Waals surface area contributed by atoms with Gasteiger partial charge < -0.3 is 15.7 Å². The van der Waals surface area contributed by atoms with Crippen molar-refractivity contribution in [1.82, 2.24) is 10.6 Å². The van der Waals surface area contributed by atoms with Gasteiger partial charge in [0.2, 0.25) is 5.91 Å². The fourth-order valence-corrected chi connectivity index (χ4v) is 2.17. The number of carbonyl (C=O) groups excluding carboxylic acids is 1. The summed E-state index contributed by atoms with van der Waals surface area (Å²) in [6.45, 7) is 5.61. The van der Waals surface area contributed by atoms with E-state index in [2.05, 4.69) is 17.6 Å². The Labute approximate surface area is 91.4 Å². The van der Waals surface area contributed by atoms with Crippen LogP contribution in [0.4, 0.5) is 0 Å². The van der Waals surface area contributed by atoms with Gasteiger partial charge in [-0.3, -0.25) is 4.79 Å². The second-order valence-electron chi connectivity index (χ2n) is 4.51. The second kappa shape index (κ2) is 5.47. The van der Waals surface area contributed by atoms with E-state index in [0.717, 1.165) is 32.4 Å². The summed E-state index contributed by atoms with van der Waals surface area (Å²) in [5, 5.41) is 15.0. The molecule has 15 heavy (non-hydrogen) atoms. The Morgan fingerprint density at radius 3 is 2.87 bits per heavy atom. The first-order chi connectivity index (χ1) is 7.14. The van der Waals surface area contributed by atoms with Crippen LogP contribution in [0.3, 0.4) is 0 Å². The van der Waals surface area contributed by atoms with E-state index < -0.39 is 0 Å². The molecule has 4 heteroatoms. The molecule has 0 aromatic rings. The van der Waals surface area contributed by atoms with Crippen LogP contribution < -0.4 is 10.6 Å². The molecule has 2 unspecified atom stereocenters. The van der Waals surface area contributed by atoms with Gasteiger partial charge in [-0.05, 0) is 26.3 Å². The molecule has 3 N–H and O–H groups in total. The quantitative estimate of drug-likeness (QED) is 0.615. The van der Waals surface area contributed by atoms with Crippen LogP contribution in [-0.2, 0) is 4.79 Å². The molecule has 4 nitrogen and oxygen atoms in total. The van der Waals surface area contributed by atoms with Crippen molar-refractivity contribution >= 4 is 5.91 Å². The van der Waals surface area contributed by atoms with E-state index in [4.69, 9.17) is 5.11 Å². The number of carbonyl (C=O) groups is 1. The van der Waals surface area contributed by atoms with Crippen LogP contribution in [-0.4, -0.2) is 36.8 Å². The van der Waals surface area contributed by atoms with Crippen molar-refractivity contribution < 1.29 is 9.90 Å². The lowest BCUT2D eigenvalue weighted by molar-refractivity contribution is -0.131. The zero-order valence-electron chi connectivity index (χ0n) is 9.68. The lowest BCUT2D eigenvalue weighted by atomic mass is 9.81. The predicted octanol–water partition coefficient (Wildman–Crippen LogP) is 0.263. The highest BCUT2D eigenvalue weighted by Gasteiger charge is 2.40. The van der Waals surface area contributed by atoms with Crippen LogP contribution in [0.1, 0.15) is 33.1 Å². The number of nitrogens with one attached hydrogen (secondary N) is 2. The molecule has 1 aliphatic heterocycles. The number of amides is 1. The van der Waals surface area contributed by atoms with Crippen LogP contribution in [0.15, 0.2) is 0 Å². The van der Waals surface area contributed by atoms with Gasteiger partial charge in [-0.1, -0.05) is 13.3 Å². The first kappa shape index (κ1) is 12.5. The summed E-state index contributed by atoms with van der Waals surface area (Å²) < 4.78 is 0. The second-order valence-corrected chi connectivity index (χ2v) is 4.51. The van der Waals surface area contributed by atoms with Crippen molar-refractivity contribution in [2.45, 2.75) is 39.2 Å². The third-order valence-electron chi connectivity index (χ3n) is 3.11. The fourth-order valence-electron chi connectivity index (χ4n) is 2.17. The van der Waals surface area contributed by atoms with E-state index in [0.29, 0.717) is 0 Å². The highest BCUT2D eigenvalue weighted by Crippen LogP contribution is 2.31. The zero-order valence-corrected chi connectivity index (χ0v) is 9.68. The van der Waals surface area contributed by atoms with Gasteiger partial charge >= 0.3 is 0 Å². The molecule has 2 atom stereocenters. The normalized spacial score (nSPS) is 27.7. The Hall–Kier alpha value is -0.610. The van der Waals surface area contributed by atoms with Crippen LogP contribution in [0.25, 0.3) is 0 Å². The maximum atomic E-state index is 12.1. The minimum absolute atomic E-state index is 0.00136. The molecule has 1 saturated heterocycles. The van der Waals surface area contributed by atoms with Gasteiger partial charge in [0.25, 0.3) is 0 Å². The SMILES string of the molecule is CCCC1(C(=O)NC(C)CO)CCNC1. The van der Waals surface area contributed by atoms with E-state index >= 15 is 0 Å². The molecule has 1 amide bonds.